The van der Waals surface area contributed by atoms with Crippen LogP contribution in [0.2, 0.25) is 0 Å². The van der Waals surface area contributed by atoms with E-state index < -0.39 is 5.91 Å². The fourth-order valence-corrected chi connectivity index (χ4v) is 2.98. The van der Waals surface area contributed by atoms with E-state index in [-0.39, 0.29) is 17.9 Å². The molecule has 0 saturated carbocycles. The van der Waals surface area contributed by atoms with Gasteiger partial charge in [-0.1, -0.05) is 30.2 Å². The molecule has 0 unspecified atom stereocenters. The Balaban J connectivity index is 1.71. The van der Waals surface area contributed by atoms with Crippen LogP contribution in [0.4, 0.5) is 0 Å². The molecule has 0 bridgehead atoms. The molecule has 27 heavy (non-hydrogen) atoms. The van der Waals surface area contributed by atoms with Gasteiger partial charge in [-0.15, -0.1) is 6.42 Å². The number of ether oxygens (including phenoxy) is 1. The van der Waals surface area contributed by atoms with Crippen LogP contribution in [0.5, 0.6) is 11.5 Å². The van der Waals surface area contributed by atoms with Gasteiger partial charge in [0.15, 0.2) is 0 Å². The van der Waals surface area contributed by atoms with E-state index in [1.54, 1.807) is 30.3 Å². The molecule has 3 aromatic carbocycles. The van der Waals surface area contributed by atoms with Crippen LogP contribution < -0.4 is 10.2 Å². The van der Waals surface area contributed by atoms with Crippen molar-refractivity contribution in [3.05, 3.63) is 70.2 Å². The Labute approximate surface area is 164 Å². The predicted octanol–water partition coefficient (Wildman–Crippen LogP) is 4.08. The van der Waals surface area contributed by atoms with Crippen LogP contribution in [0.3, 0.4) is 0 Å². The Morgan fingerprint density at radius 3 is 2.67 bits per heavy atom. The van der Waals surface area contributed by atoms with Gasteiger partial charge in [-0.2, -0.15) is 5.10 Å². The third kappa shape index (κ3) is 4.46. The van der Waals surface area contributed by atoms with Crippen molar-refractivity contribution in [2.24, 2.45) is 5.10 Å². The van der Waals surface area contributed by atoms with Gasteiger partial charge in [0, 0.05) is 0 Å². The molecule has 5 nitrogen and oxygen atoms in total. The maximum Gasteiger partial charge on any atom is 0.275 e. The summed E-state index contributed by atoms with van der Waals surface area (Å²) in [5.74, 6) is 2.42. The van der Waals surface area contributed by atoms with E-state index in [2.05, 4.69) is 32.4 Å². The van der Waals surface area contributed by atoms with Crippen molar-refractivity contribution in [3.63, 3.8) is 0 Å². The first-order chi connectivity index (χ1) is 13.1. The van der Waals surface area contributed by atoms with Crippen LogP contribution in [0.15, 0.2) is 64.2 Å². The zero-order chi connectivity index (χ0) is 19.2. The average molecular weight is 423 g/mol. The highest BCUT2D eigenvalue weighted by atomic mass is 79.9. The van der Waals surface area contributed by atoms with Crippen LogP contribution >= 0.6 is 15.9 Å². The minimum atomic E-state index is -0.498. The van der Waals surface area contributed by atoms with Gasteiger partial charge in [-0.25, -0.2) is 5.43 Å². The number of carbonyl (C=O) groups excluding carboxylic acids is 1. The minimum absolute atomic E-state index is 0.0980. The molecule has 0 aliphatic carbocycles. The summed E-state index contributed by atoms with van der Waals surface area (Å²) in [7, 11) is 0. The van der Waals surface area contributed by atoms with Gasteiger partial charge in [-0.05, 0) is 62.6 Å². The molecule has 0 atom stereocenters. The first-order valence-corrected chi connectivity index (χ1v) is 8.79. The molecule has 0 heterocycles. The molecule has 1 amide bonds. The number of nitrogens with one attached hydrogen (secondary N) is 1. The number of terminal acetylenes is 1. The van der Waals surface area contributed by atoms with E-state index in [1.807, 2.05) is 24.3 Å². The highest BCUT2D eigenvalue weighted by molar-refractivity contribution is 9.10. The van der Waals surface area contributed by atoms with E-state index in [1.165, 1.54) is 6.21 Å². The van der Waals surface area contributed by atoms with Crippen molar-refractivity contribution in [2.75, 3.05) is 6.61 Å². The predicted molar refractivity (Wildman–Crippen MR) is 109 cm³/mol. The second-order valence-electron chi connectivity index (χ2n) is 5.60. The normalized spacial score (nSPS) is 10.7. The van der Waals surface area contributed by atoms with Crippen molar-refractivity contribution >= 4 is 38.8 Å². The third-order valence-electron chi connectivity index (χ3n) is 3.76. The molecule has 134 valence electrons. The van der Waals surface area contributed by atoms with Crippen molar-refractivity contribution in [3.8, 4) is 23.8 Å². The number of nitrogens with zero attached hydrogens (tertiary/aromatic N) is 1. The van der Waals surface area contributed by atoms with Crippen LogP contribution in [0, 0.1) is 12.3 Å². The van der Waals surface area contributed by atoms with Gasteiger partial charge in [0.25, 0.3) is 5.91 Å². The van der Waals surface area contributed by atoms with Crippen LogP contribution in [0.1, 0.15) is 15.9 Å². The van der Waals surface area contributed by atoms with E-state index >= 15 is 0 Å². The lowest BCUT2D eigenvalue weighted by atomic mass is 10.1. The van der Waals surface area contributed by atoms with Crippen molar-refractivity contribution in [2.45, 2.75) is 0 Å². The van der Waals surface area contributed by atoms with E-state index in [0.29, 0.717) is 5.75 Å². The quantitative estimate of drug-likeness (QED) is 0.369. The maximum absolute atomic E-state index is 12.3. The van der Waals surface area contributed by atoms with Gasteiger partial charge in [-0.3, -0.25) is 4.79 Å². The molecule has 3 rings (SSSR count). The standard InChI is InChI=1S/C21H15BrN2O3/c1-2-9-27-20-8-7-14(10-18(20)22)13-23-24-21(26)17-11-15-5-3-4-6-16(15)12-19(17)25/h1,3-8,10-13,25H,9H2,(H,24,26)/b23-13+. The summed E-state index contributed by atoms with van der Waals surface area (Å²) in [6, 6.07) is 16.0. The number of benzene rings is 3. The molecular weight excluding hydrogens is 408 g/mol. The number of rotatable bonds is 5. The Bertz CT molecular complexity index is 1070. The molecule has 6 heteroatoms. The summed E-state index contributed by atoms with van der Waals surface area (Å²) in [6.07, 6.45) is 6.66. The van der Waals surface area contributed by atoms with Crippen molar-refractivity contribution < 1.29 is 14.6 Å². The molecule has 0 spiro atoms. The van der Waals surface area contributed by atoms with E-state index in [9.17, 15) is 9.90 Å². The number of hydrogen-bond donors (Lipinski definition) is 2. The number of fused-ring (bicyclic) bond motifs is 1. The van der Waals surface area contributed by atoms with Crippen molar-refractivity contribution in [1.29, 1.82) is 0 Å². The Morgan fingerprint density at radius 1 is 1.22 bits per heavy atom. The van der Waals surface area contributed by atoms with Crippen LogP contribution in [-0.2, 0) is 0 Å². The molecule has 0 fully saturated rings. The molecule has 0 radical (unpaired) electrons. The largest absolute Gasteiger partial charge is 0.507 e. The smallest absolute Gasteiger partial charge is 0.275 e. The zero-order valence-corrected chi connectivity index (χ0v) is 15.7. The van der Waals surface area contributed by atoms with Crippen molar-refractivity contribution in [1.82, 2.24) is 5.43 Å². The van der Waals surface area contributed by atoms with Gasteiger partial charge < -0.3 is 9.84 Å². The van der Waals surface area contributed by atoms with Gasteiger partial charge >= 0.3 is 0 Å². The Hall–Kier alpha value is -3.30. The highest BCUT2D eigenvalue weighted by Crippen LogP contribution is 2.26. The SMILES string of the molecule is C#CCOc1ccc(/C=N/NC(=O)c2cc3ccccc3cc2O)cc1Br. The molecular formula is C21H15BrN2O3. The summed E-state index contributed by atoms with van der Waals surface area (Å²) in [5.41, 5.74) is 3.32. The monoisotopic (exact) mass is 422 g/mol. The number of phenolic OH excluding ortho intramolecular Hbond substituents is 1. The second kappa shape index (κ2) is 8.39. The topological polar surface area (TPSA) is 70.9 Å². The summed E-state index contributed by atoms with van der Waals surface area (Å²) in [5, 5.41) is 15.7. The number of halogens is 1. The lowest BCUT2D eigenvalue weighted by molar-refractivity contribution is 0.0952. The maximum atomic E-state index is 12.3. The van der Waals surface area contributed by atoms with Gasteiger partial charge in [0.2, 0.25) is 0 Å². The zero-order valence-electron chi connectivity index (χ0n) is 14.1. The Morgan fingerprint density at radius 2 is 1.96 bits per heavy atom. The molecule has 2 N–H and O–H groups in total. The first kappa shape index (κ1) is 18.5. The molecule has 3 aromatic rings. The lowest BCUT2D eigenvalue weighted by Crippen LogP contribution is -2.17. The van der Waals surface area contributed by atoms with E-state index in [0.717, 1.165) is 20.8 Å². The van der Waals surface area contributed by atoms with Gasteiger partial charge in [0.1, 0.15) is 18.1 Å². The minimum Gasteiger partial charge on any atom is -0.507 e. The Kier molecular flexibility index (Phi) is 5.74. The summed E-state index contributed by atoms with van der Waals surface area (Å²) >= 11 is 3.39. The highest BCUT2D eigenvalue weighted by Gasteiger charge is 2.11. The number of phenols is 1. The molecule has 0 saturated heterocycles. The number of amides is 1. The summed E-state index contributed by atoms with van der Waals surface area (Å²) in [6.45, 7) is 0.178. The fourth-order valence-electron chi connectivity index (χ4n) is 2.47. The molecule has 0 aromatic heterocycles. The molecule has 0 aliphatic rings. The third-order valence-corrected chi connectivity index (χ3v) is 4.38. The average Bonchev–Trinajstić information content (AvgIpc) is 2.66. The van der Waals surface area contributed by atoms with E-state index in [4.69, 9.17) is 11.2 Å². The number of hydrazone groups is 1. The fraction of sp³-hybridized carbons (Fsp3) is 0.0476. The molecule has 0 aliphatic heterocycles. The van der Waals surface area contributed by atoms with Crippen LogP contribution in [-0.4, -0.2) is 23.8 Å². The number of hydrogen-bond acceptors (Lipinski definition) is 4. The van der Waals surface area contributed by atoms with Crippen LogP contribution in [0.25, 0.3) is 10.8 Å². The number of carbonyl (C=O) groups is 1. The second-order valence-corrected chi connectivity index (χ2v) is 6.45. The summed E-state index contributed by atoms with van der Waals surface area (Å²) in [4.78, 5) is 12.3. The summed E-state index contributed by atoms with van der Waals surface area (Å²) < 4.78 is 6.09. The first-order valence-electron chi connectivity index (χ1n) is 7.99. The number of aromatic hydroxyl groups is 1. The van der Waals surface area contributed by atoms with Gasteiger partial charge in [0.05, 0.1) is 16.3 Å². The lowest BCUT2D eigenvalue weighted by Gasteiger charge is -2.06.